The molecule has 0 aliphatic carbocycles. The Hall–Kier alpha value is -1.56. The summed E-state index contributed by atoms with van der Waals surface area (Å²) in [7, 11) is 3.46. The van der Waals surface area contributed by atoms with Crippen molar-refractivity contribution in [2.24, 2.45) is 0 Å². The van der Waals surface area contributed by atoms with E-state index in [4.69, 9.17) is 9.47 Å². The number of rotatable bonds is 3. The number of fused-ring (bicyclic) bond motifs is 3. The van der Waals surface area contributed by atoms with Gasteiger partial charge < -0.3 is 9.47 Å². The molecule has 4 aliphatic heterocycles. The van der Waals surface area contributed by atoms with Gasteiger partial charge in [0.05, 0.1) is 25.9 Å². The van der Waals surface area contributed by atoms with E-state index in [1.807, 2.05) is 11.3 Å². The molecular formula is C20H24N2O2S. The van der Waals surface area contributed by atoms with Crippen molar-refractivity contribution in [1.29, 1.82) is 0 Å². The van der Waals surface area contributed by atoms with E-state index >= 15 is 0 Å². The van der Waals surface area contributed by atoms with Crippen molar-refractivity contribution in [2.75, 3.05) is 33.9 Å². The minimum absolute atomic E-state index is 0.149. The summed E-state index contributed by atoms with van der Waals surface area (Å²) in [6.45, 7) is 3.46. The van der Waals surface area contributed by atoms with Gasteiger partial charge in [-0.3, -0.25) is 9.80 Å². The van der Waals surface area contributed by atoms with E-state index in [-0.39, 0.29) is 5.54 Å². The number of piperidine rings is 1. The predicted octanol–water partition coefficient (Wildman–Crippen LogP) is 3.63. The largest absolute Gasteiger partial charge is 0.493 e. The van der Waals surface area contributed by atoms with Crippen molar-refractivity contribution in [2.45, 2.75) is 31.0 Å². The zero-order valence-corrected chi connectivity index (χ0v) is 15.6. The SMILES string of the molecule is COc1cc2c(cc1OC)C13CCN(CC1)C(c1cccs1)N3CC2. The first-order valence-corrected chi connectivity index (χ1v) is 9.94. The molecule has 1 aromatic carbocycles. The molecule has 1 spiro atoms. The van der Waals surface area contributed by atoms with Gasteiger partial charge in [0.25, 0.3) is 0 Å². The molecular weight excluding hydrogens is 332 g/mol. The van der Waals surface area contributed by atoms with Crippen LogP contribution in [0.15, 0.2) is 29.6 Å². The number of hydrogen-bond acceptors (Lipinski definition) is 5. The Morgan fingerprint density at radius 1 is 1.08 bits per heavy atom. The van der Waals surface area contributed by atoms with E-state index in [0.29, 0.717) is 6.17 Å². The quantitative estimate of drug-likeness (QED) is 0.838. The fourth-order valence-electron chi connectivity index (χ4n) is 5.19. The van der Waals surface area contributed by atoms with Gasteiger partial charge in [-0.05, 0) is 54.0 Å². The molecule has 4 aliphatic rings. The highest BCUT2D eigenvalue weighted by Gasteiger charge is 2.54. The highest BCUT2D eigenvalue weighted by molar-refractivity contribution is 7.10. The third kappa shape index (κ3) is 2.12. The van der Waals surface area contributed by atoms with Gasteiger partial charge >= 0.3 is 0 Å². The molecule has 0 N–H and O–H groups in total. The van der Waals surface area contributed by atoms with E-state index in [2.05, 4.69) is 39.4 Å². The van der Waals surface area contributed by atoms with Crippen LogP contribution >= 0.6 is 11.3 Å². The molecule has 2 aromatic rings. The van der Waals surface area contributed by atoms with Crippen LogP contribution in [0.4, 0.5) is 0 Å². The van der Waals surface area contributed by atoms with Crippen LogP contribution in [0.1, 0.15) is 35.0 Å². The molecule has 1 unspecified atom stereocenters. The van der Waals surface area contributed by atoms with Gasteiger partial charge in [0.15, 0.2) is 11.5 Å². The summed E-state index contributed by atoms with van der Waals surface area (Å²) in [5.41, 5.74) is 3.06. The Bertz CT molecular complexity index is 781. The Labute approximate surface area is 153 Å². The topological polar surface area (TPSA) is 24.9 Å². The smallest absolute Gasteiger partial charge is 0.161 e. The highest BCUT2D eigenvalue weighted by Crippen LogP contribution is 2.55. The lowest BCUT2D eigenvalue weighted by Crippen LogP contribution is -2.66. The van der Waals surface area contributed by atoms with Crippen LogP contribution < -0.4 is 9.47 Å². The first-order valence-electron chi connectivity index (χ1n) is 9.06. The minimum Gasteiger partial charge on any atom is -0.493 e. The van der Waals surface area contributed by atoms with Crippen LogP contribution in [0.2, 0.25) is 0 Å². The summed E-state index contributed by atoms with van der Waals surface area (Å²) in [4.78, 5) is 6.91. The Balaban J connectivity index is 1.65. The normalized spacial score (nSPS) is 30.6. The van der Waals surface area contributed by atoms with Crippen LogP contribution in [-0.4, -0.2) is 43.7 Å². The maximum Gasteiger partial charge on any atom is 0.161 e. The van der Waals surface area contributed by atoms with Crippen molar-refractivity contribution < 1.29 is 9.47 Å². The van der Waals surface area contributed by atoms with E-state index in [1.165, 1.54) is 41.9 Å². The third-order valence-electron chi connectivity index (χ3n) is 6.35. The summed E-state index contributed by atoms with van der Waals surface area (Å²) in [5, 5.41) is 2.21. The van der Waals surface area contributed by atoms with Crippen LogP contribution in [-0.2, 0) is 12.0 Å². The molecule has 6 rings (SSSR count). The molecule has 5 heterocycles. The van der Waals surface area contributed by atoms with Crippen molar-refractivity contribution in [1.82, 2.24) is 9.80 Å². The number of hydrogen-bond donors (Lipinski definition) is 0. The predicted molar refractivity (Wildman–Crippen MR) is 99.5 cm³/mol. The Morgan fingerprint density at radius 3 is 2.52 bits per heavy atom. The molecule has 1 aromatic heterocycles. The Kier molecular flexibility index (Phi) is 3.59. The van der Waals surface area contributed by atoms with Gasteiger partial charge in [-0.15, -0.1) is 11.3 Å². The molecule has 0 amide bonds. The fraction of sp³-hybridized carbons (Fsp3) is 0.500. The van der Waals surface area contributed by atoms with Crippen LogP contribution in [0.3, 0.4) is 0 Å². The van der Waals surface area contributed by atoms with Gasteiger partial charge in [-0.1, -0.05) is 6.07 Å². The van der Waals surface area contributed by atoms with Crippen molar-refractivity contribution >= 4 is 11.3 Å². The molecule has 3 saturated heterocycles. The second-order valence-corrected chi connectivity index (χ2v) is 8.24. The first-order chi connectivity index (χ1) is 12.3. The van der Waals surface area contributed by atoms with Crippen molar-refractivity contribution in [3.05, 3.63) is 45.6 Å². The number of ether oxygens (including phenoxy) is 2. The van der Waals surface area contributed by atoms with Gasteiger partial charge in [0, 0.05) is 24.5 Å². The average Bonchev–Trinajstić information content (AvgIpc) is 3.20. The molecule has 132 valence electrons. The molecule has 3 fully saturated rings. The molecule has 0 radical (unpaired) electrons. The second-order valence-electron chi connectivity index (χ2n) is 7.26. The lowest BCUT2D eigenvalue weighted by molar-refractivity contribution is -0.146. The number of thiophene rings is 1. The monoisotopic (exact) mass is 356 g/mol. The molecule has 25 heavy (non-hydrogen) atoms. The number of benzene rings is 1. The summed E-state index contributed by atoms with van der Waals surface area (Å²) in [5.74, 6) is 1.72. The van der Waals surface area contributed by atoms with Gasteiger partial charge in [-0.2, -0.15) is 0 Å². The fourth-order valence-corrected chi connectivity index (χ4v) is 6.06. The minimum atomic E-state index is 0.149. The standard InChI is InChI=1S/C20H24N2O2S/c1-23-16-12-14-5-8-22-19(18-4-3-11-25-18)21-9-6-20(22,7-10-21)15(14)13-17(16)24-2/h3-4,11-13,19H,5-10H2,1-2H3. The summed E-state index contributed by atoms with van der Waals surface area (Å²) >= 11 is 1.89. The van der Waals surface area contributed by atoms with Gasteiger partial charge in [0.2, 0.25) is 0 Å². The van der Waals surface area contributed by atoms with Crippen LogP contribution in [0.5, 0.6) is 11.5 Å². The lowest BCUT2D eigenvalue weighted by atomic mass is 9.71. The zero-order valence-electron chi connectivity index (χ0n) is 14.8. The van der Waals surface area contributed by atoms with Crippen LogP contribution in [0, 0.1) is 0 Å². The van der Waals surface area contributed by atoms with Gasteiger partial charge in [0.1, 0.15) is 0 Å². The second kappa shape index (κ2) is 5.73. The molecule has 5 heteroatoms. The molecule has 2 bridgehead atoms. The molecule has 4 nitrogen and oxygen atoms in total. The average molecular weight is 356 g/mol. The van der Waals surface area contributed by atoms with E-state index < -0.39 is 0 Å². The summed E-state index contributed by atoms with van der Waals surface area (Å²) in [6.07, 6.45) is 3.92. The third-order valence-corrected chi connectivity index (χ3v) is 7.26. The first kappa shape index (κ1) is 15.7. The van der Waals surface area contributed by atoms with Crippen LogP contribution in [0.25, 0.3) is 0 Å². The van der Waals surface area contributed by atoms with E-state index in [1.54, 1.807) is 14.2 Å². The van der Waals surface area contributed by atoms with Crippen molar-refractivity contribution in [3.63, 3.8) is 0 Å². The molecule has 0 saturated carbocycles. The lowest BCUT2D eigenvalue weighted by Gasteiger charge is -2.62. The van der Waals surface area contributed by atoms with E-state index in [9.17, 15) is 0 Å². The van der Waals surface area contributed by atoms with E-state index in [0.717, 1.165) is 24.5 Å². The van der Waals surface area contributed by atoms with Crippen molar-refractivity contribution in [3.8, 4) is 11.5 Å². The maximum atomic E-state index is 5.63. The summed E-state index contributed by atoms with van der Waals surface area (Å²) < 4.78 is 11.2. The maximum absolute atomic E-state index is 5.63. The Morgan fingerprint density at radius 2 is 1.84 bits per heavy atom. The zero-order chi connectivity index (χ0) is 17.0. The number of methoxy groups -OCH3 is 2. The highest BCUT2D eigenvalue weighted by atomic mass is 32.1. The van der Waals surface area contributed by atoms with Gasteiger partial charge in [-0.25, -0.2) is 0 Å². The number of nitrogens with zero attached hydrogens (tertiary/aromatic N) is 2. The summed E-state index contributed by atoms with van der Waals surface area (Å²) in [6, 6.07) is 8.95. The molecule has 1 atom stereocenters.